The summed E-state index contributed by atoms with van der Waals surface area (Å²) in [5, 5.41) is 3.53. The highest BCUT2D eigenvalue weighted by atomic mass is 16.5. The van der Waals surface area contributed by atoms with Gasteiger partial charge in [0, 0.05) is 18.8 Å². The van der Waals surface area contributed by atoms with Crippen LogP contribution in [0.3, 0.4) is 0 Å². The van der Waals surface area contributed by atoms with Gasteiger partial charge in [-0.3, -0.25) is 0 Å². The molecular formula is C15H26N2O. The number of hydrogen-bond acceptors (Lipinski definition) is 3. The van der Waals surface area contributed by atoms with Crippen LogP contribution in [0.5, 0.6) is 5.88 Å². The molecule has 1 aromatic heterocycles. The summed E-state index contributed by atoms with van der Waals surface area (Å²) in [6.45, 7) is 6.52. The first-order chi connectivity index (χ1) is 8.80. The Hall–Kier alpha value is -1.09. The number of hydrogen-bond donors (Lipinski definition) is 1. The fraction of sp³-hybridized carbons (Fsp3) is 0.667. The molecule has 3 heteroatoms. The molecule has 3 nitrogen and oxygen atoms in total. The SMILES string of the molecule is CCCCC(CC)CNCc1ccnc(OC)c1. The summed E-state index contributed by atoms with van der Waals surface area (Å²) in [4.78, 5) is 4.11. The van der Waals surface area contributed by atoms with Crippen LogP contribution in [0.4, 0.5) is 0 Å². The molecule has 0 aliphatic rings. The molecule has 1 rings (SSSR count). The van der Waals surface area contributed by atoms with Crippen LogP contribution < -0.4 is 10.1 Å². The van der Waals surface area contributed by atoms with Crippen molar-refractivity contribution in [2.24, 2.45) is 5.92 Å². The lowest BCUT2D eigenvalue weighted by molar-refractivity contribution is 0.396. The van der Waals surface area contributed by atoms with Gasteiger partial charge in [0.1, 0.15) is 0 Å². The fourth-order valence-electron chi connectivity index (χ4n) is 2.04. The first-order valence-corrected chi connectivity index (χ1v) is 6.99. The quantitative estimate of drug-likeness (QED) is 0.729. The first kappa shape index (κ1) is 15.0. The van der Waals surface area contributed by atoms with Gasteiger partial charge in [0.05, 0.1) is 7.11 Å². The van der Waals surface area contributed by atoms with E-state index in [9.17, 15) is 0 Å². The average Bonchev–Trinajstić information content (AvgIpc) is 2.43. The number of pyridine rings is 1. The van der Waals surface area contributed by atoms with Crippen LogP contribution >= 0.6 is 0 Å². The summed E-state index contributed by atoms with van der Waals surface area (Å²) in [5.41, 5.74) is 1.23. The van der Waals surface area contributed by atoms with Gasteiger partial charge in [-0.05, 0) is 30.5 Å². The summed E-state index contributed by atoms with van der Waals surface area (Å²) in [7, 11) is 1.65. The number of nitrogens with one attached hydrogen (secondary N) is 1. The Morgan fingerprint density at radius 2 is 2.22 bits per heavy atom. The Labute approximate surface area is 111 Å². The van der Waals surface area contributed by atoms with Crippen molar-refractivity contribution in [1.29, 1.82) is 0 Å². The van der Waals surface area contributed by atoms with E-state index in [0.717, 1.165) is 19.0 Å². The van der Waals surface area contributed by atoms with Crippen molar-refractivity contribution in [3.63, 3.8) is 0 Å². The average molecular weight is 250 g/mol. The van der Waals surface area contributed by atoms with E-state index < -0.39 is 0 Å². The smallest absolute Gasteiger partial charge is 0.213 e. The van der Waals surface area contributed by atoms with Gasteiger partial charge in [-0.15, -0.1) is 0 Å². The second-order valence-corrected chi connectivity index (χ2v) is 4.75. The molecule has 0 amide bonds. The minimum Gasteiger partial charge on any atom is -0.481 e. The minimum absolute atomic E-state index is 0.687. The predicted octanol–water partition coefficient (Wildman–Crippen LogP) is 3.40. The molecular weight excluding hydrogens is 224 g/mol. The highest BCUT2D eigenvalue weighted by molar-refractivity contribution is 5.20. The van der Waals surface area contributed by atoms with E-state index in [2.05, 4.69) is 24.1 Å². The van der Waals surface area contributed by atoms with Crippen molar-refractivity contribution in [3.05, 3.63) is 23.9 Å². The van der Waals surface area contributed by atoms with Gasteiger partial charge in [-0.25, -0.2) is 4.98 Å². The maximum atomic E-state index is 5.12. The van der Waals surface area contributed by atoms with Crippen molar-refractivity contribution in [2.45, 2.75) is 46.1 Å². The summed E-state index contributed by atoms with van der Waals surface area (Å²) in [6, 6.07) is 4.02. The van der Waals surface area contributed by atoms with Crippen molar-refractivity contribution in [2.75, 3.05) is 13.7 Å². The molecule has 0 saturated carbocycles. The Kier molecular flexibility index (Phi) is 7.42. The highest BCUT2D eigenvalue weighted by Gasteiger charge is 2.05. The predicted molar refractivity (Wildman–Crippen MR) is 75.8 cm³/mol. The van der Waals surface area contributed by atoms with Crippen molar-refractivity contribution >= 4 is 0 Å². The first-order valence-electron chi connectivity index (χ1n) is 6.99. The second-order valence-electron chi connectivity index (χ2n) is 4.75. The number of nitrogens with zero attached hydrogens (tertiary/aromatic N) is 1. The van der Waals surface area contributed by atoms with Crippen LogP contribution in [0.1, 0.15) is 45.1 Å². The van der Waals surface area contributed by atoms with Crippen molar-refractivity contribution in [1.82, 2.24) is 10.3 Å². The topological polar surface area (TPSA) is 34.2 Å². The Balaban J connectivity index is 2.30. The zero-order chi connectivity index (χ0) is 13.2. The molecule has 1 atom stereocenters. The Morgan fingerprint density at radius 3 is 2.89 bits per heavy atom. The molecule has 1 N–H and O–H groups in total. The normalized spacial score (nSPS) is 12.4. The summed E-state index contributed by atoms with van der Waals surface area (Å²) in [6.07, 6.45) is 7.01. The molecule has 18 heavy (non-hydrogen) atoms. The van der Waals surface area contributed by atoms with E-state index in [4.69, 9.17) is 4.74 Å². The monoisotopic (exact) mass is 250 g/mol. The van der Waals surface area contributed by atoms with Crippen LogP contribution in [0.15, 0.2) is 18.3 Å². The highest BCUT2D eigenvalue weighted by Crippen LogP contribution is 2.12. The van der Waals surface area contributed by atoms with E-state index >= 15 is 0 Å². The van der Waals surface area contributed by atoms with E-state index in [0.29, 0.717) is 5.88 Å². The zero-order valence-electron chi connectivity index (χ0n) is 11.9. The standard InChI is InChI=1S/C15H26N2O/c1-4-6-7-13(5-2)11-16-12-14-8-9-17-15(10-14)18-3/h8-10,13,16H,4-7,11-12H2,1-3H3. The lowest BCUT2D eigenvalue weighted by Crippen LogP contribution is -2.22. The third-order valence-corrected chi connectivity index (χ3v) is 3.31. The third-order valence-electron chi connectivity index (χ3n) is 3.31. The summed E-state index contributed by atoms with van der Waals surface area (Å²) < 4.78 is 5.12. The van der Waals surface area contributed by atoms with Crippen LogP contribution in [-0.4, -0.2) is 18.6 Å². The number of rotatable bonds is 9. The van der Waals surface area contributed by atoms with Gasteiger partial charge in [-0.2, -0.15) is 0 Å². The summed E-state index contributed by atoms with van der Waals surface area (Å²) >= 11 is 0. The lowest BCUT2D eigenvalue weighted by Gasteiger charge is -2.15. The maximum Gasteiger partial charge on any atom is 0.213 e. The molecule has 102 valence electrons. The van der Waals surface area contributed by atoms with Gasteiger partial charge < -0.3 is 10.1 Å². The molecule has 0 aliphatic heterocycles. The van der Waals surface area contributed by atoms with E-state index in [-0.39, 0.29) is 0 Å². The van der Waals surface area contributed by atoms with Crippen LogP contribution in [0.25, 0.3) is 0 Å². The zero-order valence-corrected chi connectivity index (χ0v) is 11.9. The van der Waals surface area contributed by atoms with E-state index in [1.165, 1.54) is 31.2 Å². The van der Waals surface area contributed by atoms with Gasteiger partial charge in [0.15, 0.2) is 0 Å². The van der Waals surface area contributed by atoms with Crippen LogP contribution in [0.2, 0.25) is 0 Å². The van der Waals surface area contributed by atoms with Crippen LogP contribution in [-0.2, 0) is 6.54 Å². The fourth-order valence-corrected chi connectivity index (χ4v) is 2.04. The van der Waals surface area contributed by atoms with Gasteiger partial charge in [0.25, 0.3) is 0 Å². The Bertz CT molecular complexity index is 328. The van der Waals surface area contributed by atoms with E-state index in [1.54, 1.807) is 13.3 Å². The number of methoxy groups -OCH3 is 1. The molecule has 0 bridgehead atoms. The molecule has 1 heterocycles. The molecule has 0 radical (unpaired) electrons. The van der Waals surface area contributed by atoms with Gasteiger partial charge in [0.2, 0.25) is 5.88 Å². The summed E-state index contributed by atoms with van der Waals surface area (Å²) in [5.74, 6) is 1.49. The maximum absolute atomic E-state index is 5.12. The largest absolute Gasteiger partial charge is 0.481 e. The Morgan fingerprint density at radius 1 is 1.39 bits per heavy atom. The number of unbranched alkanes of at least 4 members (excludes halogenated alkanes) is 1. The number of aromatic nitrogens is 1. The van der Waals surface area contributed by atoms with E-state index in [1.807, 2.05) is 12.1 Å². The minimum atomic E-state index is 0.687. The molecule has 1 aromatic rings. The second kappa shape index (κ2) is 8.92. The molecule has 0 spiro atoms. The van der Waals surface area contributed by atoms with Crippen molar-refractivity contribution in [3.8, 4) is 5.88 Å². The molecule has 0 aliphatic carbocycles. The number of ether oxygens (including phenoxy) is 1. The molecule has 1 unspecified atom stereocenters. The van der Waals surface area contributed by atoms with Crippen molar-refractivity contribution < 1.29 is 4.74 Å². The van der Waals surface area contributed by atoms with Gasteiger partial charge >= 0.3 is 0 Å². The van der Waals surface area contributed by atoms with Crippen LogP contribution in [0, 0.1) is 5.92 Å². The third kappa shape index (κ3) is 5.50. The molecule has 0 saturated heterocycles. The molecule has 0 fully saturated rings. The lowest BCUT2D eigenvalue weighted by atomic mass is 9.99. The molecule has 0 aromatic carbocycles. The van der Waals surface area contributed by atoms with Gasteiger partial charge in [-0.1, -0.05) is 33.1 Å².